The van der Waals surface area contributed by atoms with Crippen LogP contribution in [0.1, 0.15) is 83.8 Å². The molecule has 0 nitrogen and oxygen atoms in total. The van der Waals surface area contributed by atoms with E-state index in [4.69, 9.17) is 0 Å². The molecule has 0 radical (unpaired) electrons. The number of unbranched alkanes of at least 4 members (excludes halogenated alkanes) is 1. The molecule has 0 saturated heterocycles. The van der Waals surface area contributed by atoms with Crippen LogP contribution in [0.5, 0.6) is 0 Å². The Kier molecular flexibility index (Phi) is 8.52. The Bertz CT molecular complexity index is 625. The molecule has 0 aliphatic rings. The molecular formula is C25H38. The molecule has 0 bridgehead atoms. The molecule has 0 spiro atoms. The summed E-state index contributed by atoms with van der Waals surface area (Å²) < 4.78 is 0. The number of rotatable bonds is 11. The fraction of sp³-hybridized carbons (Fsp3) is 0.600. The van der Waals surface area contributed by atoms with Gasteiger partial charge >= 0.3 is 0 Å². The van der Waals surface area contributed by atoms with Crippen molar-refractivity contribution < 1.29 is 0 Å². The fourth-order valence-corrected chi connectivity index (χ4v) is 4.22. The molecule has 138 valence electrons. The average Bonchev–Trinajstić information content (AvgIpc) is 2.65. The van der Waals surface area contributed by atoms with Gasteiger partial charge in [-0.15, -0.1) is 0 Å². The van der Waals surface area contributed by atoms with E-state index in [1.165, 1.54) is 68.6 Å². The molecular weight excluding hydrogens is 300 g/mol. The maximum Gasteiger partial charge on any atom is -0.0149 e. The summed E-state index contributed by atoms with van der Waals surface area (Å²) in [6.07, 6.45) is 11.8. The van der Waals surface area contributed by atoms with Gasteiger partial charge in [0.15, 0.2) is 0 Å². The summed E-state index contributed by atoms with van der Waals surface area (Å²) in [5, 5.41) is 3.00. The number of hydrogen-bond donors (Lipinski definition) is 0. The van der Waals surface area contributed by atoms with Gasteiger partial charge in [0, 0.05) is 0 Å². The molecule has 0 aromatic heterocycles. The second kappa shape index (κ2) is 10.6. The van der Waals surface area contributed by atoms with E-state index < -0.39 is 0 Å². The van der Waals surface area contributed by atoms with Gasteiger partial charge in [-0.1, -0.05) is 109 Å². The van der Waals surface area contributed by atoms with Crippen LogP contribution < -0.4 is 0 Å². The van der Waals surface area contributed by atoms with Crippen LogP contribution in [0.3, 0.4) is 0 Å². The van der Waals surface area contributed by atoms with Gasteiger partial charge in [-0.25, -0.2) is 0 Å². The lowest BCUT2D eigenvalue weighted by Crippen LogP contribution is -2.05. The summed E-state index contributed by atoms with van der Waals surface area (Å²) in [4.78, 5) is 0. The highest BCUT2D eigenvalue weighted by Crippen LogP contribution is 2.29. The van der Waals surface area contributed by atoms with Gasteiger partial charge in [0.05, 0.1) is 0 Å². The van der Waals surface area contributed by atoms with E-state index in [2.05, 4.69) is 64.1 Å². The van der Waals surface area contributed by atoms with Crippen LogP contribution in [0, 0.1) is 11.8 Å². The smallest absolute Gasteiger partial charge is 0.0149 e. The molecule has 0 aliphatic carbocycles. The van der Waals surface area contributed by atoms with E-state index in [-0.39, 0.29) is 0 Å². The first-order chi connectivity index (χ1) is 12.2. The molecule has 2 rings (SSSR count). The molecule has 0 N–H and O–H groups in total. The van der Waals surface area contributed by atoms with Crippen LogP contribution in [0.4, 0.5) is 0 Å². The lowest BCUT2D eigenvalue weighted by Gasteiger charge is -2.18. The Labute approximate surface area is 156 Å². The Morgan fingerprint density at radius 3 is 1.60 bits per heavy atom. The van der Waals surface area contributed by atoms with Crippen molar-refractivity contribution in [3.8, 4) is 0 Å². The van der Waals surface area contributed by atoms with Gasteiger partial charge < -0.3 is 0 Å². The van der Waals surface area contributed by atoms with Gasteiger partial charge in [-0.05, 0) is 46.6 Å². The highest BCUT2D eigenvalue weighted by molar-refractivity contribution is 5.88. The Balaban J connectivity index is 2.27. The molecule has 2 unspecified atom stereocenters. The number of hydrogen-bond acceptors (Lipinski definition) is 0. The second-order valence-corrected chi connectivity index (χ2v) is 7.82. The Morgan fingerprint density at radius 1 is 0.640 bits per heavy atom. The minimum absolute atomic E-state index is 0.826. The summed E-state index contributed by atoms with van der Waals surface area (Å²) in [5.41, 5.74) is 3.12. The number of benzene rings is 2. The molecule has 2 aromatic rings. The molecule has 0 aliphatic heterocycles. The van der Waals surface area contributed by atoms with E-state index in [1.807, 2.05) is 0 Å². The molecule has 2 aromatic carbocycles. The number of fused-ring (bicyclic) bond motifs is 1. The normalized spacial score (nSPS) is 13.9. The summed E-state index contributed by atoms with van der Waals surface area (Å²) in [6.45, 7) is 9.31. The molecule has 0 fully saturated rings. The van der Waals surface area contributed by atoms with Crippen LogP contribution in [0.25, 0.3) is 10.8 Å². The fourth-order valence-electron chi connectivity index (χ4n) is 4.22. The zero-order valence-corrected chi connectivity index (χ0v) is 17.0. The standard InChI is InChI=1S/C25H38/c1-5-9-13-21(8-4)19-23-15-11-16-24-22(14-10-17-25(23)24)18-20(7-3)12-6-2/h10-11,14-17,20-21H,5-9,12-13,18-19H2,1-4H3. The van der Waals surface area contributed by atoms with Gasteiger partial charge in [0.2, 0.25) is 0 Å². The summed E-state index contributed by atoms with van der Waals surface area (Å²) >= 11 is 0. The quantitative estimate of drug-likeness (QED) is 0.389. The van der Waals surface area contributed by atoms with Gasteiger partial charge in [-0.3, -0.25) is 0 Å². The van der Waals surface area contributed by atoms with Crippen LogP contribution >= 0.6 is 0 Å². The van der Waals surface area contributed by atoms with E-state index in [0.29, 0.717) is 0 Å². The maximum absolute atomic E-state index is 2.37. The largest absolute Gasteiger partial charge is 0.0654 e. The highest BCUT2D eigenvalue weighted by Gasteiger charge is 2.13. The Hall–Kier alpha value is -1.30. The third-order valence-corrected chi connectivity index (χ3v) is 5.94. The first-order valence-corrected chi connectivity index (χ1v) is 10.7. The SMILES string of the molecule is CCCCC(CC)Cc1cccc2c(CC(CC)CCC)cccc12. The van der Waals surface area contributed by atoms with Crippen molar-refractivity contribution in [2.45, 2.75) is 85.5 Å². The van der Waals surface area contributed by atoms with Crippen molar-refractivity contribution >= 4 is 10.8 Å². The third-order valence-electron chi connectivity index (χ3n) is 5.94. The van der Waals surface area contributed by atoms with E-state index in [1.54, 1.807) is 11.1 Å². The van der Waals surface area contributed by atoms with Crippen LogP contribution in [-0.4, -0.2) is 0 Å². The monoisotopic (exact) mass is 338 g/mol. The van der Waals surface area contributed by atoms with Crippen LogP contribution in [0.15, 0.2) is 36.4 Å². The lowest BCUT2D eigenvalue weighted by atomic mass is 9.86. The lowest BCUT2D eigenvalue weighted by molar-refractivity contribution is 0.450. The predicted octanol–water partition coefficient (Wildman–Crippen LogP) is 7.97. The van der Waals surface area contributed by atoms with Crippen LogP contribution in [-0.2, 0) is 12.8 Å². The maximum atomic E-state index is 2.37. The first-order valence-electron chi connectivity index (χ1n) is 10.7. The van der Waals surface area contributed by atoms with E-state index in [9.17, 15) is 0 Å². The molecule has 0 saturated carbocycles. The molecule has 0 heteroatoms. The second-order valence-electron chi connectivity index (χ2n) is 7.82. The minimum Gasteiger partial charge on any atom is -0.0654 e. The van der Waals surface area contributed by atoms with E-state index in [0.717, 1.165) is 11.8 Å². The minimum atomic E-state index is 0.826. The molecule has 2 atom stereocenters. The van der Waals surface area contributed by atoms with Crippen molar-refractivity contribution in [2.24, 2.45) is 11.8 Å². The first kappa shape index (κ1) is 20.0. The third kappa shape index (κ3) is 5.59. The van der Waals surface area contributed by atoms with Crippen molar-refractivity contribution in [3.05, 3.63) is 47.5 Å². The molecule has 0 heterocycles. The summed E-state index contributed by atoms with van der Waals surface area (Å²) in [6, 6.07) is 14.0. The molecule has 25 heavy (non-hydrogen) atoms. The highest BCUT2D eigenvalue weighted by atomic mass is 14.2. The van der Waals surface area contributed by atoms with Gasteiger partial charge in [0.1, 0.15) is 0 Å². The van der Waals surface area contributed by atoms with Gasteiger partial charge in [-0.2, -0.15) is 0 Å². The summed E-state index contributed by atoms with van der Waals surface area (Å²) in [5.74, 6) is 1.66. The zero-order valence-electron chi connectivity index (χ0n) is 17.0. The Morgan fingerprint density at radius 2 is 1.16 bits per heavy atom. The van der Waals surface area contributed by atoms with Crippen molar-refractivity contribution in [2.75, 3.05) is 0 Å². The van der Waals surface area contributed by atoms with Gasteiger partial charge in [0.25, 0.3) is 0 Å². The van der Waals surface area contributed by atoms with Crippen molar-refractivity contribution in [3.63, 3.8) is 0 Å². The predicted molar refractivity (Wildman–Crippen MR) is 113 cm³/mol. The van der Waals surface area contributed by atoms with Crippen molar-refractivity contribution in [1.82, 2.24) is 0 Å². The van der Waals surface area contributed by atoms with Crippen molar-refractivity contribution in [1.29, 1.82) is 0 Å². The van der Waals surface area contributed by atoms with Crippen LogP contribution in [0.2, 0.25) is 0 Å². The summed E-state index contributed by atoms with van der Waals surface area (Å²) in [7, 11) is 0. The molecule has 0 amide bonds. The average molecular weight is 339 g/mol. The topological polar surface area (TPSA) is 0 Å². The zero-order chi connectivity index (χ0) is 18.1. The van der Waals surface area contributed by atoms with E-state index >= 15 is 0 Å².